The van der Waals surface area contributed by atoms with Crippen LogP contribution in [0.4, 0.5) is 0 Å². The van der Waals surface area contributed by atoms with Crippen LogP contribution in [0.1, 0.15) is 63.4 Å². The topological polar surface area (TPSA) is 36.9 Å². The van der Waals surface area contributed by atoms with Crippen LogP contribution >= 0.6 is 7.26 Å². The molecule has 4 rings (SSSR count). The molecular formula is C42H54O4P+. The van der Waals surface area contributed by atoms with Crippen molar-refractivity contribution in [2.24, 2.45) is 0 Å². The van der Waals surface area contributed by atoms with Gasteiger partial charge in [-0.2, -0.15) is 0 Å². The summed E-state index contributed by atoms with van der Waals surface area (Å²) in [7, 11) is 1.62. The highest BCUT2D eigenvalue weighted by atomic mass is 31.2. The van der Waals surface area contributed by atoms with Crippen LogP contribution in [0, 0.1) is 0 Å². The molecule has 4 aromatic carbocycles. The maximum Gasteiger partial charge on any atom is 0.147 e. The lowest BCUT2D eigenvalue weighted by atomic mass is 10.1. The highest BCUT2D eigenvalue weighted by molar-refractivity contribution is 7.95. The third kappa shape index (κ3) is 12.0. The van der Waals surface area contributed by atoms with E-state index in [0.717, 1.165) is 17.7 Å². The first-order valence-electron chi connectivity index (χ1n) is 17.3. The quantitative estimate of drug-likeness (QED) is 0.0346. The molecular weight excluding hydrogens is 599 g/mol. The number of benzene rings is 4. The molecule has 0 heterocycles. The van der Waals surface area contributed by atoms with Gasteiger partial charge in [0.25, 0.3) is 0 Å². The lowest BCUT2D eigenvalue weighted by Gasteiger charge is -2.27. The van der Waals surface area contributed by atoms with Crippen molar-refractivity contribution >= 4 is 23.2 Å². The van der Waals surface area contributed by atoms with Crippen molar-refractivity contribution in [2.45, 2.75) is 70.5 Å². The van der Waals surface area contributed by atoms with Crippen LogP contribution in [0.2, 0.25) is 0 Å². The Hall–Kier alpha value is -3.27. The predicted molar refractivity (Wildman–Crippen MR) is 200 cm³/mol. The van der Waals surface area contributed by atoms with Crippen molar-refractivity contribution in [3.05, 3.63) is 133 Å². The number of hydrogen-bond donors (Lipinski definition) is 0. The van der Waals surface area contributed by atoms with E-state index in [2.05, 4.69) is 103 Å². The van der Waals surface area contributed by atoms with Gasteiger partial charge in [0.1, 0.15) is 41.8 Å². The van der Waals surface area contributed by atoms with Crippen LogP contribution in [-0.2, 0) is 20.8 Å². The average molecular weight is 654 g/mol. The number of rotatable bonds is 23. The Kier molecular flexibility index (Phi) is 16.8. The van der Waals surface area contributed by atoms with E-state index in [9.17, 15) is 0 Å². The minimum absolute atomic E-state index is 0.111. The van der Waals surface area contributed by atoms with Crippen LogP contribution in [-0.4, -0.2) is 39.9 Å². The van der Waals surface area contributed by atoms with Crippen molar-refractivity contribution in [1.82, 2.24) is 0 Å². The SMILES string of the molecule is COCO[C@@H](/C=C/CCCCCCCCCC[P+](c1ccccc1)(c1ccccc1)c1ccccc1)COCc1ccc(OC)cc1. The van der Waals surface area contributed by atoms with Gasteiger partial charge in [0.15, 0.2) is 0 Å². The van der Waals surface area contributed by atoms with Gasteiger partial charge < -0.3 is 18.9 Å². The van der Waals surface area contributed by atoms with E-state index in [1.165, 1.54) is 73.4 Å². The number of ether oxygens (including phenoxy) is 4. The Balaban J connectivity index is 1.14. The molecule has 0 spiro atoms. The van der Waals surface area contributed by atoms with Gasteiger partial charge in [-0.3, -0.25) is 0 Å². The molecule has 0 aromatic heterocycles. The largest absolute Gasteiger partial charge is 0.497 e. The Bertz CT molecular complexity index is 1280. The van der Waals surface area contributed by atoms with Crippen LogP contribution in [0.3, 0.4) is 0 Å². The van der Waals surface area contributed by atoms with Crippen LogP contribution in [0.15, 0.2) is 127 Å². The predicted octanol–water partition coefficient (Wildman–Crippen LogP) is 9.26. The molecule has 4 aromatic rings. The van der Waals surface area contributed by atoms with E-state index in [0.29, 0.717) is 13.2 Å². The van der Waals surface area contributed by atoms with Crippen LogP contribution in [0.25, 0.3) is 0 Å². The summed E-state index contributed by atoms with van der Waals surface area (Å²) in [5.74, 6) is 0.850. The Labute approximate surface area is 284 Å². The molecule has 4 nitrogen and oxygen atoms in total. The minimum atomic E-state index is -1.70. The van der Waals surface area contributed by atoms with Crippen molar-refractivity contribution in [2.75, 3.05) is 33.8 Å². The molecule has 0 N–H and O–H groups in total. The van der Waals surface area contributed by atoms with E-state index < -0.39 is 7.26 Å². The van der Waals surface area contributed by atoms with Gasteiger partial charge in [-0.1, -0.05) is 111 Å². The molecule has 0 fully saturated rings. The van der Waals surface area contributed by atoms with Gasteiger partial charge in [-0.25, -0.2) is 0 Å². The van der Waals surface area contributed by atoms with Crippen LogP contribution in [0.5, 0.6) is 5.75 Å². The summed E-state index contributed by atoms with van der Waals surface area (Å²) >= 11 is 0. The standard InChI is InChI=1S/C42H54O4P/c1-43-36-46-39(35-45-34-37-29-31-38(44-2)32-30-37)22-14-9-7-5-3-4-6-8-10-21-33-47(40-23-15-11-16-24-40,41-25-17-12-18-26-41)42-27-19-13-20-28-42/h11-20,22-32,39H,3-10,21,33-36H2,1-2H3/q+1/b22-14+/t39-/m0/s1. The normalized spacial score (nSPS) is 12.4. The van der Waals surface area contributed by atoms with Crippen LogP contribution < -0.4 is 20.7 Å². The number of hydrogen-bond acceptors (Lipinski definition) is 4. The lowest BCUT2D eigenvalue weighted by Crippen LogP contribution is -2.33. The average Bonchev–Trinajstić information content (AvgIpc) is 3.13. The molecule has 0 amide bonds. The second-order valence-electron chi connectivity index (χ2n) is 12.1. The summed E-state index contributed by atoms with van der Waals surface area (Å²) in [6, 6.07) is 41.7. The molecule has 0 unspecified atom stereocenters. The van der Waals surface area contributed by atoms with E-state index in [1.807, 2.05) is 24.3 Å². The molecule has 5 heteroatoms. The zero-order valence-corrected chi connectivity index (χ0v) is 29.4. The summed E-state index contributed by atoms with van der Waals surface area (Å²) in [5, 5.41) is 4.47. The number of allylic oxidation sites excluding steroid dienone is 1. The maximum absolute atomic E-state index is 5.92. The Morgan fingerprint density at radius 2 is 1.11 bits per heavy atom. The second kappa shape index (κ2) is 21.6. The molecule has 47 heavy (non-hydrogen) atoms. The van der Waals surface area contributed by atoms with Gasteiger partial charge >= 0.3 is 0 Å². The maximum atomic E-state index is 5.92. The lowest BCUT2D eigenvalue weighted by molar-refractivity contribution is -0.0814. The Morgan fingerprint density at radius 3 is 1.62 bits per heavy atom. The smallest absolute Gasteiger partial charge is 0.147 e. The van der Waals surface area contributed by atoms with Crippen molar-refractivity contribution in [3.63, 3.8) is 0 Å². The first kappa shape index (κ1) is 36.6. The number of unbranched alkanes of at least 4 members (excludes halogenated alkanes) is 8. The molecule has 1 atom stereocenters. The Morgan fingerprint density at radius 1 is 0.596 bits per heavy atom. The van der Waals surface area contributed by atoms with Crippen molar-refractivity contribution < 1.29 is 18.9 Å². The summed E-state index contributed by atoms with van der Waals surface area (Å²) in [6.07, 6.45) is 16.8. The molecule has 0 aliphatic heterocycles. The highest BCUT2D eigenvalue weighted by Crippen LogP contribution is 2.56. The summed E-state index contributed by atoms with van der Waals surface area (Å²) in [4.78, 5) is 0. The van der Waals surface area contributed by atoms with Gasteiger partial charge in [-0.15, -0.1) is 0 Å². The molecule has 0 aliphatic rings. The van der Waals surface area contributed by atoms with Crippen molar-refractivity contribution in [1.29, 1.82) is 0 Å². The van der Waals surface area contributed by atoms with E-state index in [1.54, 1.807) is 14.2 Å². The van der Waals surface area contributed by atoms with Gasteiger partial charge in [-0.05, 0) is 79.8 Å². The van der Waals surface area contributed by atoms with E-state index in [4.69, 9.17) is 18.9 Å². The fourth-order valence-electron chi connectivity index (χ4n) is 6.13. The minimum Gasteiger partial charge on any atom is -0.497 e. The molecule has 0 saturated carbocycles. The first-order chi connectivity index (χ1) is 23.3. The van der Waals surface area contributed by atoms with Gasteiger partial charge in [0.2, 0.25) is 0 Å². The fourth-order valence-corrected chi connectivity index (χ4v) is 10.5. The van der Waals surface area contributed by atoms with E-state index >= 15 is 0 Å². The van der Waals surface area contributed by atoms with Gasteiger partial charge in [0.05, 0.1) is 26.5 Å². The first-order valence-corrected chi connectivity index (χ1v) is 19.3. The van der Waals surface area contributed by atoms with Gasteiger partial charge in [0, 0.05) is 7.11 Å². The summed E-state index contributed by atoms with van der Waals surface area (Å²) < 4.78 is 22.1. The van der Waals surface area contributed by atoms with E-state index in [-0.39, 0.29) is 12.9 Å². The summed E-state index contributed by atoms with van der Waals surface area (Å²) in [5.41, 5.74) is 1.11. The zero-order chi connectivity index (χ0) is 32.8. The highest BCUT2D eigenvalue weighted by Gasteiger charge is 2.44. The zero-order valence-electron chi connectivity index (χ0n) is 28.5. The van der Waals surface area contributed by atoms with Crippen molar-refractivity contribution in [3.8, 4) is 5.75 Å². The third-order valence-electron chi connectivity index (χ3n) is 8.67. The molecule has 0 aliphatic carbocycles. The monoisotopic (exact) mass is 653 g/mol. The number of methoxy groups -OCH3 is 2. The fraction of sp³-hybridized carbons (Fsp3) is 0.381. The molecule has 250 valence electrons. The third-order valence-corrected chi connectivity index (χ3v) is 13.2. The molecule has 0 saturated heterocycles. The second-order valence-corrected chi connectivity index (χ2v) is 15.7. The molecule has 0 radical (unpaired) electrons. The molecule has 0 bridgehead atoms. The summed E-state index contributed by atoms with van der Waals surface area (Å²) in [6.45, 7) is 1.30.